The third kappa shape index (κ3) is 3.95. The van der Waals surface area contributed by atoms with Crippen LogP contribution in [-0.4, -0.2) is 28.5 Å². The summed E-state index contributed by atoms with van der Waals surface area (Å²) in [6, 6.07) is 14.3. The summed E-state index contributed by atoms with van der Waals surface area (Å²) in [5, 5.41) is 13.8. The van der Waals surface area contributed by atoms with Gasteiger partial charge in [0.2, 0.25) is 0 Å². The molecule has 0 aliphatic carbocycles. The number of nitrogens with one attached hydrogen (secondary N) is 1. The highest BCUT2D eigenvalue weighted by molar-refractivity contribution is 7.99. The van der Waals surface area contributed by atoms with Crippen LogP contribution in [0.2, 0.25) is 0 Å². The quantitative estimate of drug-likeness (QED) is 0.943. The van der Waals surface area contributed by atoms with Gasteiger partial charge in [0.25, 0.3) is 0 Å². The molecule has 2 heterocycles. The van der Waals surface area contributed by atoms with Gasteiger partial charge in [-0.3, -0.25) is 0 Å². The van der Waals surface area contributed by atoms with Gasteiger partial charge in [-0.15, -0.1) is 34.4 Å². The van der Waals surface area contributed by atoms with E-state index in [1.165, 1.54) is 12.8 Å². The smallest absolute Gasteiger partial charge is 0.119 e. The summed E-state index contributed by atoms with van der Waals surface area (Å²) in [5.41, 5.74) is 2.06. The van der Waals surface area contributed by atoms with Crippen molar-refractivity contribution in [1.29, 1.82) is 0 Å². The van der Waals surface area contributed by atoms with Crippen molar-refractivity contribution in [3.8, 4) is 11.3 Å². The van der Waals surface area contributed by atoms with E-state index in [1.807, 2.05) is 30.0 Å². The predicted octanol–water partition coefficient (Wildman–Crippen LogP) is 3.41. The van der Waals surface area contributed by atoms with E-state index in [4.69, 9.17) is 0 Å². The Kier molecular flexibility index (Phi) is 5.83. The fourth-order valence-electron chi connectivity index (χ4n) is 2.23. The highest BCUT2D eigenvalue weighted by atomic mass is 35.5. The molecule has 3 nitrogen and oxygen atoms in total. The van der Waals surface area contributed by atoms with E-state index in [2.05, 4.69) is 39.8 Å². The highest BCUT2D eigenvalue weighted by Gasteiger charge is 2.15. The molecular weight excluding hydrogens is 290 g/mol. The second kappa shape index (κ2) is 7.62. The Balaban J connectivity index is 0.00000147. The summed E-state index contributed by atoms with van der Waals surface area (Å²) in [6.45, 7) is 2.24. The predicted molar refractivity (Wildman–Crippen MR) is 86.5 cm³/mol. The van der Waals surface area contributed by atoms with Crippen LogP contribution in [0.4, 0.5) is 0 Å². The Morgan fingerprint density at radius 3 is 2.35 bits per heavy atom. The van der Waals surface area contributed by atoms with Gasteiger partial charge < -0.3 is 5.32 Å². The van der Waals surface area contributed by atoms with Crippen molar-refractivity contribution in [1.82, 2.24) is 15.5 Å². The van der Waals surface area contributed by atoms with Gasteiger partial charge in [0.1, 0.15) is 5.03 Å². The Labute approximate surface area is 130 Å². The van der Waals surface area contributed by atoms with E-state index in [0.29, 0.717) is 5.25 Å². The van der Waals surface area contributed by atoms with Gasteiger partial charge in [0.05, 0.1) is 5.69 Å². The molecule has 1 fully saturated rings. The van der Waals surface area contributed by atoms with Gasteiger partial charge >= 0.3 is 0 Å². The molecule has 0 atom stereocenters. The fraction of sp³-hybridized carbons (Fsp3) is 0.333. The van der Waals surface area contributed by atoms with Crippen LogP contribution in [0.1, 0.15) is 12.8 Å². The Bertz CT molecular complexity index is 512. The molecule has 2 aromatic rings. The van der Waals surface area contributed by atoms with Crippen LogP contribution in [0.3, 0.4) is 0 Å². The molecular formula is C15H18ClN3S. The summed E-state index contributed by atoms with van der Waals surface area (Å²) >= 11 is 1.85. The molecule has 20 heavy (non-hydrogen) atoms. The Morgan fingerprint density at radius 1 is 0.950 bits per heavy atom. The molecule has 0 saturated carbocycles. The number of thioether (sulfide) groups is 1. The number of hydrogen-bond acceptors (Lipinski definition) is 4. The lowest BCUT2D eigenvalue weighted by Crippen LogP contribution is -2.29. The fourth-order valence-corrected chi connectivity index (χ4v) is 3.28. The zero-order chi connectivity index (χ0) is 12.9. The summed E-state index contributed by atoms with van der Waals surface area (Å²) in [5.74, 6) is 0. The SMILES string of the molecule is Cl.c1ccc(-c2ccc(SC3CCNCC3)nn2)cc1. The highest BCUT2D eigenvalue weighted by Crippen LogP contribution is 2.27. The minimum absolute atomic E-state index is 0. The number of benzene rings is 1. The van der Waals surface area contributed by atoms with Crippen molar-refractivity contribution >= 4 is 24.2 Å². The van der Waals surface area contributed by atoms with Gasteiger partial charge in [-0.05, 0) is 38.1 Å². The van der Waals surface area contributed by atoms with Gasteiger partial charge in [-0.1, -0.05) is 30.3 Å². The van der Waals surface area contributed by atoms with Crippen molar-refractivity contribution in [2.75, 3.05) is 13.1 Å². The van der Waals surface area contributed by atoms with E-state index in [9.17, 15) is 0 Å². The largest absolute Gasteiger partial charge is 0.317 e. The maximum Gasteiger partial charge on any atom is 0.119 e. The van der Waals surface area contributed by atoms with Gasteiger partial charge in [0, 0.05) is 10.8 Å². The van der Waals surface area contributed by atoms with E-state index >= 15 is 0 Å². The van der Waals surface area contributed by atoms with Crippen molar-refractivity contribution in [3.05, 3.63) is 42.5 Å². The lowest BCUT2D eigenvalue weighted by atomic mass is 10.1. The Morgan fingerprint density at radius 2 is 1.70 bits per heavy atom. The molecule has 0 unspecified atom stereocenters. The number of rotatable bonds is 3. The molecule has 0 radical (unpaired) electrons. The summed E-state index contributed by atoms with van der Waals surface area (Å²) in [6.07, 6.45) is 2.43. The molecule has 1 N–H and O–H groups in total. The minimum atomic E-state index is 0. The van der Waals surface area contributed by atoms with E-state index in [-0.39, 0.29) is 12.4 Å². The van der Waals surface area contributed by atoms with Gasteiger partial charge in [-0.25, -0.2) is 0 Å². The van der Waals surface area contributed by atoms with Crippen molar-refractivity contribution in [2.45, 2.75) is 23.1 Å². The van der Waals surface area contributed by atoms with Gasteiger partial charge in [-0.2, -0.15) is 0 Å². The van der Waals surface area contributed by atoms with Crippen LogP contribution < -0.4 is 5.32 Å². The molecule has 1 aromatic carbocycles. The normalized spacial score (nSPS) is 15.6. The average Bonchev–Trinajstić information content (AvgIpc) is 2.50. The Hall–Kier alpha value is -1.10. The molecule has 3 rings (SSSR count). The third-order valence-electron chi connectivity index (χ3n) is 3.28. The van der Waals surface area contributed by atoms with Crippen LogP contribution in [0.5, 0.6) is 0 Å². The van der Waals surface area contributed by atoms with E-state index in [0.717, 1.165) is 29.4 Å². The summed E-state index contributed by atoms with van der Waals surface area (Å²) < 4.78 is 0. The third-order valence-corrected chi connectivity index (χ3v) is 4.55. The molecule has 0 amide bonds. The molecule has 0 spiro atoms. The number of piperidine rings is 1. The molecule has 1 aliphatic heterocycles. The maximum atomic E-state index is 4.34. The molecule has 106 valence electrons. The van der Waals surface area contributed by atoms with Crippen LogP contribution in [-0.2, 0) is 0 Å². The minimum Gasteiger partial charge on any atom is -0.317 e. The van der Waals surface area contributed by atoms with Crippen molar-refractivity contribution in [3.63, 3.8) is 0 Å². The summed E-state index contributed by atoms with van der Waals surface area (Å²) in [4.78, 5) is 0. The first-order valence-corrected chi connectivity index (χ1v) is 7.56. The lowest BCUT2D eigenvalue weighted by Gasteiger charge is -2.21. The average molecular weight is 308 g/mol. The second-order valence-corrected chi connectivity index (χ2v) is 6.01. The topological polar surface area (TPSA) is 37.8 Å². The maximum absolute atomic E-state index is 4.34. The van der Waals surface area contributed by atoms with Crippen LogP contribution in [0.25, 0.3) is 11.3 Å². The van der Waals surface area contributed by atoms with Crippen molar-refractivity contribution in [2.24, 2.45) is 0 Å². The number of aromatic nitrogens is 2. The van der Waals surface area contributed by atoms with Crippen molar-refractivity contribution < 1.29 is 0 Å². The number of hydrogen-bond donors (Lipinski definition) is 1. The number of halogens is 1. The zero-order valence-electron chi connectivity index (χ0n) is 11.2. The van der Waals surface area contributed by atoms with Crippen LogP contribution in [0.15, 0.2) is 47.5 Å². The summed E-state index contributed by atoms with van der Waals surface area (Å²) in [7, 11) is 0. The molecule has 0 bridgehead atoms. The van der Waals surface area contributed by atoms with E-state index < -0.39 is 0 Å². The first kappa shape index (κ1) is 15.3. The molecule has 5 heteroatoms. The molecule has 1 aromatic heterocycles. The monoisotopic (exact) mass is 307 g/mol. The van der Waals surface area contributed by atoms with E-state index in [1.54, 1.807) is 0 Å². The first-order valence-electron chi connectivity index (χ1n) is 6.68. The van der Waals surface area contributed by atoms with Crippen LogP contribution in [0, 0.1) is 0 Å². The lowest BCUT2D eigenvalue weighted by molar-refractivity contribution is 0.531. The second-order valence-electron chi connectivity index (χ2n) is 4.69. The van der Waals surface area contributed by atoms with Gasteiger partial charge in [0.15, 0.2) is 0 Å². The molecule has 1 saturated heterocycles. The van der Waals surface area contributed by atoms with Crippen LogP contribution >= 0.6 is 24.2 Å². The first-order chi connectivity index (χ1) is 9.42. The molecule has 1 aliphatic rings. The standard InChI is InChI=1S/C15H17N3S.ClH/c1-2-4-12(5-3-1)14-6-7-15(18-17-14)19-13-8-10-16-11-9-13;/h1-7,13,16H,8-11H2;1H. The zero-order valence-corrected chi connectivity index (χ0v) is 12.8. The number of nitrogens with zero attached hydrogens (tertiary/aromatic N) is 2.